The highest BCUT2D eigenvalue weighted by Crippen LogP contribution is 2.31. The molecule has 186 valence electrons. The summed E-state index contributed by atoms with van der Waals surface area (Å²) in [5.74, 6) is -0.791. The molecule has 0 aliphatic carbocycles. The molecule has 6 nitrogen and oxygen atoms in total. The number of imide groups is 1. The fourth-order valence-corrected chi connectivity index (χ4v) is 4.34. The van der Waals surface area contributed by atoms with Crippen molar-refractivity contribution < 1.29 is 23.9 Å². The largest absolute Gasteiger partial charge is 0.494 e. The predicted octanol–water partition coefficient (Wildman–Crippen LogP) is 6.16. The first-order valence-corrected chi connectivity index (χ1v) is 12.0. The van der Waals surface area contributed by atoms with Gasteiger partial charge in [-0.25, -0.2) is 9.69 Å². The first kappa shape index (κ1) is 25.2. The lowest BCUT2D eigenvalue weighted by Gasteiger charge is -2.22. The number of aryl methyl sites for hydroxylation is 2. The molecule has 0 saturated carbocycles. The van der Waals surface area contributed by atoms with E-state index in [2.05, 4.69) is 32.9 Å². The van der Waals surface area contributed by atoms with Crippen molar-refractivity contribution in [3.05, 3.63) is 93.5 Å². The van der Waals surface area contributed by atoms with Crippen LogP contribution in [0.2, 0.25) is 0 Å². The van der Waals surface area contributed by atoms with Crippen molar-refractivity contribution in [2.45, 2.75) is 53.6 Å². The third-order valence-electron chi connectivity index (χ3n) is 6.44. The van der Waals surface area contributed by atoms with Gasteiger partial charge in [0.25, 0.3) is 11.8 Å². The van der Waals surface area contributed by atoms with Gasteiger partial charge in [-0.15, -0.1) is 0 Å². The molecular weight excluding hydrogens is 454 g/mol. The molecule has 0 unspecified atom stereocenters. The van der Waals surface area contributed by atoms with Crippen LogP contribution in [0.15, 0.2) is 54.6 Å². The van der Waals surface area contributed by atoms with E-state index < -0.39 is 17.8 Å². The van der Waals surface area contributed by atoms with E-state index >= 15 is 0 Å². The number of carbonyl (C=O) groups excluding carboxylic acids is 3. The molecule has 3 aromatic rings. The van der Waals surface area contributed by atoms with Crippen molar-refractivity contribution in [1.29, 1.82) is 0 Å². The zero-order chi connectivity index (χ0) is 26.2. The van der Waals surface area contributed by atoms with Crippen LogP contribution in [0.3, 0.4) is 0 Å². The first-order chi connectivity index (χ1) is 17.0. The molecule has 0 radical (unpaired) electrons. The lowest BCUT2D eigenvalue weighted by atomic mass is 9.84. The number of amides is 2. The molecule has 0 atom stereocenters. The van der Waals surface area contributed by atoms with Crippen molar-refractivity contribution in [1.82, 2.24) is 0 Å². The molecule has 1 aliphatic rings. The van der Waals surface area contributed by atoms with Gasteiger partial charge in [-0.05, 0) is 90.9 Å². The molecule has 0 spiro atoms. The standard InChI is InChI=1S/C30H31NO5/c1-7-35-23-11-9-22(10-12-23)31-27(32)24-13-8-20(16-25(24)28(31)33)29(34)36-17-26-18(2)14-21(15-19(26)3)30(4,5)6/h8-16H,7,17H2,1-6H3. The SMILES string of the molecule is CCOc1ccc(N2C(=O)c3ccc(C(=O)OCc4c(C)cc(C(C)(C)C)cc4C)cc3C2=O)cc1. The Hall–Kier alpha value is -3.93. The number of ether oxygens (including phenoxy) is 2. The van der Waals surface area contributed by atoms with Crippen LogP contribution in [-0.4, -0.2) is 24.4 Å². The maximum absolute atomic E-state index is 13.1. The number of anilines is 1. The van der Waals surface area contributed by atoms with Gasteiger partial charge >= 0.3 is 5.97 Å². The smallest absolute Gasteiger partial charge is 0.338 e. The van der Waals surface area contributed by atoms with Crippen molar-refractivity contribution >= 4 is 23.5 Å². The van der Waals surface area contributed by atoms with Gasteiger partial charge in [-0.3, -0.25) is 9.59 Å². The zero-order valence-electron chi connectivity index (χ0n) is 21.6. The minimum Gasteiger partial charge on any atom is -0.494 e. The highest BCUT2D eigenvalue weighted by Gasteiger charge is 2.37. The van der Waals surface area contributed by atoms with Gasteiger partial charge in [0, 0.05) is 0 Å². The first-order valence-electron chi connectivity index (χ1n) is 12.0. The average Bonchev–Trinajstić information content (AvgIpc) is 3.08. The number of carbonyl (C=O) groups is 3. The number of benzene rings is 3. The highest BCUT2D eigenvalue weighted by atomic mass is 16.5. The third kappa shape index (κ3) is 4.76. The fraction of sp³-hybridized carbons (Fsp3) is 0.300. The van der Waals surface area contributed by atoms with E-state index in [1.807, 2.05) is 20.8 Å². The maximum atomic E-state index is 13.1. The second-order valence-corrected chi connectivity index (χ2v) is 10.0. The van der Waals surface area contributed by atoms with Crippen LogP contribution in [0.5, 0.6) is 5.75 Å². The van der Waals surface area contributed by atoms with E-state index in [4.69, 9.17) is 9.47 Å². The van der Waals surface area contributed by atoms with E-state index in [-0.39, 0.29) is 28.7 Å². The number of fused-ring (bicyclic) bond motifs is 1. The Kier molecular flexibility index (Phi) is 6.72. The van der Waals surface area contributed by atoms with Crippen molar-refractivity contribution in [2.75, 3.05) is 11.5 Å². The van der Waals surface area contributed by atoms with Crippen molar-refractivity contribution in [2.24, 2.45) is 0 Å². The molecule has 0 saturated heterocycles. The maximum Gasteiger partial charge on any atom is 0.338 e. The summed E-state index contributed by atoms with van der Waals surface area (Å²) in [6.45, 7) is 13.1. The van der Waals surface area contributed by atoms with E-state index in [1.54, 1.807) is 24.3 Å². The van der Waals surface area contributed by atoms with Gasteiger partial charge in [-0.2, -0.15) is 0 Å². The summed E-state index contributed by atoms with van der Waals surface area (Å²) < 4.78 is 11.0. The minimum atomic E-state index is -0.545. The van der Waals surface area contributed by atoms with Crippen LogP contribution in [0.25, 0.3) is 0 Å². The molecule has 0 fully saturated rings. The molecule has 0 N–H and O–H groups in total. The van der Waals surface area contributed by atoms with Gasteiger partial charge in [0.15, 0.2) is 0 Å². The van der Waals surface area contributed by atoms with E-state index in [0.29, 0.717) is 18.0 Å². The monoisotopic (exact) mass is 485 g/mol. The number of nitrogens with zero attached hydrogens (tertiary/aromatic N) is 1. The Labute approximate surface area is 211 Å². The van der Waals surface area contributed by atoms with Crippen molar-refractivity contribution in [3.63, 3.8) is 0 Å². The second-order valence-electron chi connectivity index (χ2n) is 10.0. The summed E-state index contributed by atoms with van der Waals surface area (Å²) in [6.07, 6.45) is 0. The summed E-state index contributed by atoms with van der Waals surface area (Å²) in [6, 6.07) is 15.5. The Morgan fingerprint density at radius 1 is 0.861 bits per heavy atom. The topological polar surface area (TPSA) is 72.9 Å². The van der Waals surface area contributed by atoms with E-state index in [9.17, 15) is 14.4 Å². The Morgan fingerprint density at radius 3 is 2.06 bits per heavy atom. The normalized spacial score (nSPS) is 13.1. The third-order valence-corrected chi connectivity index (χ3v) is 6.44. The molecule has 6 heteroatoms. The quantitative estimate of drug-likeness (QED) is 0.309. The van der Waals surface area contributed by atoms with Crippen LogP contribution in [-0.2, 0) is 16.8 Å². The molecule has 3 aromatic carbocycles. The van der Waals surface area contributed by atoms with Gasteiger partial charge in [0.1, 0.15) is 12.4 Å². The average molecular weight is 486 g/mol. The molecule has 4 rings (SSSR count). The van der Waals surface area contributed by atoms with Crippen molar-refractivity contribution in [3.8, 4) is 5.75 Å². The highest BCUT2D eigenvalue weighted by molar-refractivity contribution is 6.34. The second kappa shape index (κ2) is 9.61. The Bertz CT molecular complexity index is 1330. The molecule has 36 heavy (non-hydrogen) atoms. The Morgan fingerprint density at radius 2 is 1.47 bits per heavy atom. The van der Waals surface area contributed by atoms with Crippen LogP contribution < -0.4 is 9.64 Å². The number of hydrogen-bond acceptors (Lipinski definition) is 5. The number of rotatable bonds is 6. The number of hydrogen-bond donors (Lipinski definition) is 0. The Balaban J connectivity index is 1.52. The molecule has 2 amide bonds. The molecule has 0 bridgehead atoms. The zero-order valence-corrected chi connectivity index (χ0v) is 21.6. The van der Waals surface area contributed by atoms with Gasteiger partial charge in [0.2, 0.25) is 0 Å². The molecule has 1 aliphatic heterocycles. The molecule has 0 aromatic heterocycles. The lowest BCUT2D eigenvalue weighted by molar-refractivity contribution is 0.0471. The molecule has 1 heterocycles. The summed E-state index contributed by atoms with van der Waals surface area (Å²) in [4.78, 5) is 40.0. The van der Waals surface area contributed by atoms with Gasteiger partial charge in [0.05, 0.1) is 29.0 Å². The summed E-state index contributed by atoms with van der Waals surface area (Å²) >= 11 is 0. The van der Waals surface area contributed by atoms with E-state index in [1.165, 1.54) is 23.8 Å². The van der Waals surface area contributed by atoms with Crippen LogP contribution >= 0.6 is 0 Å². The van der Waals surface area contributed by atoms with Crippen LogP contribution in [0.4, 0.5) is 5.69 Å². The van der Waals surface area contributed by atoms with E-state index in [0.717, 1.165) is 21.6 Å². The summed E-state index contributed by atoms with van der Waals surface area (Å²) in [5, 5.41) is 0. The van der Waals surface area contributed by atoms with Gasteiger partial charge < -0.3 is 9.47 Å². The van der Waals surface area contributed by atoms with Gasteiger partial charge in [-0.1, -0.05) is 32.9 Å². The van der Waals surface area contributed by atoms with Crippen LogP contribution in [0.1, 0.15) is 81.0 Å². The predicted molar refractivity (Wildman–Crippen MR) is 139 cm³/mol. The molecular formula is C30H31NO5. The summed E-state index contributed by atoms with van der Waals surface area (Å²) in [5.41, 5.74) is 5.46. The van der Waals surface area contributed by atoms with Crippen LogP contribution in [0, 0.1) is 13.8 Å². The summed E-state index contributed by atoms with van der Waals surface area (Å²) in [7, 11) is 0. The number of esters is 1. The minimum absolute atomic E-state index is 0.0261. The fourth-order valence-electron chi connectivity index (χ4n) is 4.34. The lowest BCUT2D eigenvalue weighted by Crippen LogP contribution is -2.29.